The van der Waals surface area contributed by atoms with Gasteiger partial charge in [0.15, 0.2) is 0 Å². The molecule has 0 saturated carbocycles. The Morgan fingerprint density at radius 2 is 1.06 bits per heavy atom. The van der Waals surface area contributed by atoms with Crippen LogP contribution in [0.25, 0.3) is 0 Å². The van der Waals surface area contributed by atoms with Crippen LogP contribution in [0, 0.1) is 0 Å². The van der Waals surface area contributed by atoms with Crippen LogP contribution in [0.1, 0.15) is 31.1 Å². The van der Waals surface area contributed by atoms with Crippen molar-refractivity contribution in [1.82, 2.24) is 0 Å². The molecule has 0 aromatic heterocycles. The minimum atomic E-state index is -1.79. The molecule has 0 bridgehead atoms. The summed E-state index contributed by atoms with van der Waals surface area (Å²) in [5, 5.41) is 25.8. The zero-order chi connectivity index (χ0) is 13.2. The van der Waals surface area contributed by atoms with Crippen LogP contribution >= 0.6 is 0 Å². The highest BCUT2D eigenvalue weighted by Gasteiger charge is 2.19. The van der Waals surface area contributed by atoms with Crippen molar-refractivity contribution < 1.29 is 34.5 Å². The van der Waals surface area contributed by atoms with Gasteiger partial charge in [0.2, 0.25) is 0 Å². The number of carboxylic acid groups (broad SMARTS) is 3. The number of carbonyl (C=O) groups excluding carboxylic acids is 1. The molecule has 88 valence electrons. The van der Waals surface area contributed by atoms with Crippen molar-refractivity contribution in [2.24, 2.45) is 0 Å². The van der Waals surface area contributed by atoms with E-state index in [4.69, 9.17) is 15.3 Å². The fraction of sp³-hybridized carbons (Fsp3) is 0. The molecular formula is C10H6O7. The number of aromatic carboxylic acids is 2. The number of carboxylic acids is 3. The predicted molar refractivity (Wildman–Crippen MR) is 52.3 cm³/mol. The van der Waals surface area contributed by atoms with Crippen molar-refractivity contribution in [2.45, 2.75) is 0 Å². The lowest BCUT2D eigenvalue weighted by Gasteiger charge is -2.02. The first-order chi connectivity index (χ1) is 7.82. The Morgan fingerprint density at radius 1 is 0.706 bits per heavy atom. The summed E-state index contributed by atoms with van der Waals surface area (Å²) in [5.74, 6) is -6.06. The van der Waals surface area contributed by atoms with Crippen LogP contribution in [0.2, 0.25) is 0 Å². The van der Waals surface area contributed by atoms with Crippen molar-refractivity contribution in [3.8, 4) is 0 Å². The van der Waals surface area contributed by atoms with E-state index in [1.165, 1.54) is 0 Å². The van der Waals surface area contributed by atoms with Gasteiger partial charge in [0, 0.05) is 5.56 Å². The van der Waals surface area contributed by atoms with Crippen LogP contribution in [0.15, 0.2) is 18.2 Å². The molecule has 1 rings (SSSR count). The maximum Gasteiger partial charge on any atom is 0.377 e. The summed E-state index contributed by atoms with van der Waals surface area (Å²) in [5.41, 5.74) is -1.42. The molecular weight excluding hydrogens is 232 g/mol. The van der Waals surface area contributed by atoms with Crippen molar-refractivity contribution in [3.05, 3.63) is 34.9 Å². The maximum atomic E-state index is 11.1. The number of ketones is 1. The lowest BCUT2D eigenvalue weighted by Crippen LogP contribution is -2.15. The van der Waals surface area contributed by atoms with Gasteiger partial charge in [-0.3, -0.25) is 4.79 Å². The van der Waals surface area contributed by atoms with Crippen molar-refractivity contribution in [1.29, 1.82) is 0 Å². The van der Waals surface area contributed by atoms with Crippen LogP contribution in [0.3, 0.4) is 0 Å². The summed E-state index contributed by atoms with van der Waals surface area (Å²) < 4.78 is 0. The number of aliphatic carboxylic acids is 1. The van der Waals surface area contributed by atoms with E-state index in [-0.39, 0.29) is 0 Å². The van der Waals surface area contributed by atoms with Gasteiger partial charge in [0.1, 0.15) is 0 Å². The minimum absolute atomic E-state index is 0.463. The van der Waals surface area contributed by atoms with Crippen molar-refractivity contribution in [2.75, 3.05) is 0 Å². The maximum absolute atomic E-state index is 11.1. The second-order valence-corrected chi connectivity index (χ2v) is 3.04. The minimum Gasteiger partial charge on any atom is -0.478 e. The highest BCUT2D eigenvalue weighted by atomic mass is 16.4. The first-order valence-corrected chi connectivity index (χ1v) is 4.22. The Balaban J connectivity index is 3.41. The fourth-order valence-corrected chi connectivity index (χ4v) is 1.13. The summed E-state index contributed by atoms with van der Waals surface area (Å²) >= 11 is 0. The first kappa shape index (κ1) is 12.4. The standard InChI is InChI=1S/C10H6O7/c11-7(10(16)17)4-1-5(8(12)13)3-6(2-4)9(14)15/h1-3H,(H,12,13)(H,14,15)(H,16,17). The Kier molecular flexibility index (Phi) is 3.23. The third-order valence-corrected chi connectivity index (χ3v) is 1.88. The highest BCUT2D eigenvalue weighted by Crippen LogP contribution is 2.12. The third-order valence-electron chi connectivity index (χ3n) is 1.88. The van der Waals surface area contributed by atoms with E-state index < -0.39 is 40.4 Å². The summed E-state index contributed by atoms with van der Waals surface area (Å²) in [6, 6.07) is 2.46. The second-order valence-electron chi connectivity index (χ2n) is 3.04. The topological polar surface area (TPSA) is 129 Å². The van der Waals surface area contributed by atoms with E-state index in [1.807, 2.05) is 0 Å². The predicted octanol–water partition coefficient (Wildman–Crippen LogP) is 0.350. The molecule has 7 heteroatoms. The lowest BCUT2D eigenvalue weighted by atomic mass is 10.0. The molecule has 7 nitrogen and oxygen atoms in total. The molecule has 0 unspecified atom stereocenters. The SMILES string of the molecule is O=C(O)C(=O)c1cc(C(=O)O)cc(C(=O)O)c1. The Hall–Kier alpha value is -2.70. The molecule has 0 atom stereocenters. The summed E-state index contributed by atoms with van der Waals surface area (Å²) in [6.07, 6.45) is 0. The van der Waals surface area contributed by atoms with E-state index in [0.29, 0.717) is 0 Å². The molecule has 0 fully saturated rings. The molecule has 0 spiro atoms. The van der Waals surface area contributed by atoms with Crippen molar-refractivity contribution >= 4 is 23.7 Å². The molecule has 17 heavy (non-hydrogen) atoms. The number of hydrogen-bond donors (Lipinski definition) is 3. The van der Waals surface area contributed by atoms with Gasteiger partial charge in [-0.05, 0) is 18.2 Å². The summed E-state index contributed by atoms with van der Waals surface area (Å²) in [6.45, 7) is 0. The average molecular weight is 238 g/mol. The van der Waals surface area contributed by atoms with Gasteiger partial charge in [-0.2, -0.15) is 0 Å². The number of benzene rings is 1. The van der Waals surface area contributed by atoms with Gasteiger partial charge in [0.05, 0.1) is 11.1 Å². The molecule has 0 heterocycles. The fourth-order valence-electron chi connectivity index (χ4n) is 1.13. The quantitative estimate of drug-likeness (QED) is 0.509. The van der Waals surface area contributed by atoms with Crippen molar-refractivity contribution in [3.63, 3.8) is 0 Å². The van der Waals surface area contributed by atoms with Crippen LogP contribution < -0.4 is 0 Å². The van der Waals surface area contributed by atoms with Gasteiger partial charge in [0.25, 0.3) is 5.78 Å². The van der Waals surface area contributed by atoms with Gasteiger partial charge in [-0.25, -0.2) is 14.4 Å². The largest absolute Gasteiger partial charge is 0.478 e. The molecule has 1 aromatic carbocycles. The van der Waals surface area contributed by atoms with E-state index in [9.17, 15) is 19.2 Å². The molecule has 0 aliphatic rings. The summed E-state index contributed by atoms with van der Waals surface area (Å²) in [4.78, 5) is 42.9. The molecule has 0 amide bonds. The molecule has 0 aliphatic carbocycles. The zero-order valence-corrected chi connectivity index (χ0v) is 8.21. The normalized spacial score (nSPS) is 9.65. The monoisotopic (exact) mass is 238 g/mol. The first-order valence-electron chi connectivity index (χ1n) is 4.22. The van der Waals surface area contributed by atoms with E-state index >= 15 is 0 Å². The lowest BCUT2D eigenvalue weighted by molar-refractivity contribution is -0.131. The van der Waals surface area contributed by atoms with Gasteiger partial charge >= 0.3 is 17.9 Å². The smallest absolute Gasteiger partial charge is 0.377 e. The summed E-state index contributed by atoms with van der Waals surface area (Å²) in [7, 11) is 0. The second kappa shape index (κ2) is 4.44. The van der Waals surface area contributed by atoms with E-state index in [0.717, 1.165) is 18.2 Å². The Labute approximate surface area is 93.9 Å². The van der Waals surface area contributed by atoms with Crippen LogP contribution in [0.4, 0.5) is 0 Å². The van der Waals surface area contributed by atoms with Crippen LogP contribution in [-0.2, 0) is 4.79 Å². The Morgan fingerprint density at radius 3 is 1.35 bits per heavy atom. The number of hydrogen-bond acceptors (Lipinski definition) is 4. The molecule has 1 aromatic rings. The number of carbonyl (C=O) groups is 4. The van der Waals surface area contributed by atoms with E-state index in [2.05, 4.69) is 0 Å². The molecule has 0 saturated heterocycles. The average Bonchev–Trinajstić information content (AvgIpc) is 2.27. The third kappa shape index (κ3) is 2.65. The van der Waals surface area contributed by atoms with Gasteiger partial charge < -0.3 is 15.3 Å². The Bertz CT molecular complexity index is 497. The highest BCUT2D eigenvalue weighted by molar-refractivity contribution is 6.40. The number of rotatable bonds is 4. The zero-order valence-electron chi connectivity index (χ0n) is 8.21. The van der Waals surface area contributed by atoms with Crippen LogP contribution in [0.5, 0.6) is 0 Å². The number of Topliss-reactive ketones (excluding diaryl/α,β-unsaturated/α-hetero) is 1. The molecule has 0 aliphatic heterocycles. The molecule has 3 N–H and O–H groups in total. The van der Waals surface area contributed by atoms with Gasteiger partial charge in [-0.15, -0.1) is 0 Å². The molecule has 0 radical (unpaired) electrons. The van der Waals surface area contributed by atoms with Crippen LogP contribution in [-0.4, -0.2) is 39.0 Å². The van der Waals surface area contributed by atoms with E-state index in [1.54, 1.807) is 0 Å². The van der Waals surface area contributed by atoms with Gasteiger partial charge in [-0.1, -0.05) is 0 Å².